The second-order valence-corrected chi connectivity index (χ2v) is 3.92. The lowest BCUT2D eigenvalue weighted by Crippen LogP contribution is -2.09. The van der Waals surface area contributed by atoms with Crippen molar-refractivity contribution in [2.45, 2.75) is 13.8 Å². The first-order valence-corrected chi connectivity index (χ1v) is 5.77. The number of hydrogen-bond acceptors (Lipinski definition) is 5. The Balaban J connectivity index is 2.69. The number of hydrogen-bond donors (Lipinski definition) is 1. The molecule has 0 saturated carbocycles. The van der Waals surface area contributed by atoms with E-state index in [0.29, 0.717) is 17.9 Å². The second-order valence-electron chi connectivity index (χ2n) is 3.92. The molecule has 96 valence electrons. The van der Waals surface area contributed by atoms with E-state index in [0.717, 1.165) is 16.7 Å². The Kier molecular flexibility index (Phi) is 3.18. The fourth-order valence-corrected chi connectivity index (χ4v) is 2.03. The summed E-state index contributed by atoms with van der Waals surface area (Å²) in [4.78, 5) is 16.1. The van der Waals surface area contributed by atoms with Crippen molar-refractivity contribution in [2.24, 2.45) is 7.05 Å². The molecule has 0 unspecified atom stereocenters. The molecule has 0 radical (unpaired) electrons. The topological polar surface area (TPSA) is 69.0 Å². The minimum Gasteiger partial charge on any atom is -0.462 e. The third-order valence-corrected chi connectivity index (χ3v) is 2.77. The molecule has 0 aliphatic rings. The molecule has 18 heavy (non-hydrogen) atoms. The van der Waals surface area contributed by atoms with Crippen LogP contribution in [0.2, 0.25) is 0 Å². The number of aromatic nitrogens is 3. The highest BCUT2D eigenvalue weighted by atomic mass is 16.5. The van der Waals surface area contributed by atoms with Crippen LogP contribution in [0.5, 0.6) is 0 Å². The summed E-state index contributed by atoms with van der Waals surface area (Å²) in [6, 6.07) is 0. The van der Waals surface area contributed by atoms with Crippen LogP contribution in [0.3, 0.4) is 0 Å². The zero-order chi connectivity index (χ0) is 13.3. The number of rotatable bonds is 3. The Bertz CT molecular complexity index is 604. The van der Waals surface area contributed by atoms with Gasteiger partial charge in [-0.2, -0.15) is 5.10 Å². The van der Waals surface area contributed by atoms with Gasteiger partial charge in [0.05, 0.1) is 23.4 Å². The van der Waals surface area contributed by atoms with Gasteiger partial charge in [-0.25, -0.2) is 9.78 Å². The molecule has 0 aromatic carbocycles. The SMILES string of the molecule is CCOC(=O)c1cnc2c(c(C)nn2C)c1NC. The summed E-state index contributed by atoms with van der Waals surface area (Å²) in [5, 5.41) is 8.20. The standard InChI is InChI=1S/C12H16N4O2/c1-5-18-12(17)8-6-14-11-9(10(8)13-3)7(2)15-16(11)4/h6H,5H2,1-4H3,(H,13,14). The molecule has 2 heterocycles. The summed E-state index contributed by atoms with van der Waals surface area (Å²) in [6.45, 7) is 4.00. The van der Waals surface area contributed by atoms with Gasteiger partial charge in [-0.15, -0.1) is 0 Å². The Hall–Kier alpha value is -2.11. The van der Waals surface area contributed by atoms with Crippen molar-refractivity contribution in [2.75, 3.05) is 19.0 Å². The summed E-state index contributed by atoms with van der Waals surface area (Å²) < 4.78 is 6.71. The van der Waals surface area contributed by atoms with Crippen molar-refractivity contribution in [3.8, 4) is 0 Å². The fraction of sp³-hybridized carbons (Fsp3) is 0.417. The lowest BCUT2D eigenvalue weighted by Gasteiger charge is -2.09. The van der Waals surface area contributed by atoms with Gasteiger partial charge in [0.2, 0.25) is 0 Å². The monoisotopic (exact) mass is 248 g/mol. The van der Waals surface area contributed by atoms with E-state index in [2.05, 4.69) is 15.4 Å². The largest absolute Gasteiger partial charge is 0.462 e. The highest BCUT2D eigenvalue weighted by Gasteiger charge is 2.19. The number of ether oxygens (including phenoxy) is 1. The van der Waals surface area contributed by atoms with E-state index >= 15 is 0 Å². The van der Waals surface area contributed by atoms with Crippen LogP contribution in [0.1, 0.15) is 23.0 Å². The normalized spacial score (nSPS) is 10.7. The first-order chi connectivity index (χ1) is 8.60. The number of pyridine rings is 1. The Labute approximate surface area is 105 Å². The fourth-order valence-electron chi connectivity index (χ4n) is 2.03. The molecular formula is C12H16N4O2. The number of fused-ring (bicyclic) bond motifs is 1. The van der Waals surface area contributed by atoms with E-state index in [1.807, 2.05) is 14.0 Å². The van der Waals surface area contributed by atoms with Gasteiger partial charge in [0.25, 0.3) is 0 Å². The van der Waals surface area contributed by atoms with Gasteiger partial charge in [-0.1, -0.05) is 0 Å². The Morgan fingerprint density at radius 1 is 1.56 bits per heavy atom. The number of anilines is 1. The molecule has 0 saturated heterocycles. The molecule has 0 bridgehead atoms. The number of aryl methyl sites for hydroxylation is 2. The van der Waals surface area contributed by atoms with E-state index in [1.165, 1.54) is 6.20 Å². The van der Waals surface area contributed by atoms with Gasteiger partial charge >= 0.3 is 5.97 Å². The highest BCUT2D eigenvalue weighted by Crippen LogP contribution is 2.28. The average Bonchev–Trinajstić information content (AvgIpc) is 2.64. The van der Waals surface area contributed by atoms with Crippen molar-refractivity contribution in [3.63, 3.8) is 0 Å². The van der Waals surface area contributed by atoms with Crippen LogP contribution in [-0.4, -0.2) is 34.4 Å². The predicted molar refractivity (Wildman–Crippen MR) is 68.7 cm³/mol. The zero-order valence-corrected chi connectivity index (χ0v) is 10.9. The second kappa shape index (κ2) is 4.64. The summed E-state index contributed by atoms with van der Waals surface area (Å²) in [5.41, 5.74) is 2.72. The van der Waals surface area contributed by atoms with Gasteiger partial charge in [-0.3, -0.25) is 4.68 Å². The number of esters is 1. The van der Waals surface area contributed by atoms with E-state index in [9.17, 15) is 4.79 Å². The van der Waals surface area contributed by atoms with E-state index in [1.54, 1.807) is 18.7 Å². The van der Waals surface area contributed by atoms with E-state index < -0.39 is 0 Å². The van der Waals surface area contributed by atoms with Crippen LogP contribution in [0.15, 0.2) is 6.20 Å². The van der Waals surface area contributed by atoms with Crippen LogP contribution in [0, 0.1) is 6.92 Å². The molecule has 0 atom stereocenters. The van der Waals surface area contributed by atoms with Gasteiger partial charge in [0.15, 0.2) is 5.65 Å². The van der Waals surface area contributed by atoms with Crippen molar-refractivity contribution in [1.29, 1.82) is 0 Å². The van der Waals surface area contributed by atoms with Crippen LogP contribution in [0.4, 0.5) is 5.69 Å². The summed E-state index contributed by atoms with van der Waals surface area (Å²) in [6.07, 6.45) is 1.52. The predicted octanol–water partition coefficient (Wildman–Crippen LogP) is 1.50. The molecular weight excluding hydrogens is 232 g/mol. The molecule has 2 rings (SSSR count). The molecule has 1 N–H and O–H groups in total. The third-order valence-electron chi connectivity index (χ3n) is 2.77. The van der Waals surface area contributed by atoms with Gasteiger partial charge < -0.3 is 10.1 Å². The maximum Gasteiger partial charge on any atom is 0.341 e. The lowest BCUT2D eigenvalue weighted by molar-refractivity contribution is 0.0527. The molecule has 6 nitrogen and oxygen atoms in total. The molecule has 0 aliphatic heterocycles. The van der Waals surface area contributed by atoms with Crippen molar-refractivity contribution >= 4 is 22.7 Å². The first kappa shape index (κ1) is 12.3. The van der Waals surface area contributed by atoms with E-state index in [4.69, 9.17) is 4.74 Å². The van der Waals surface area contributed by atoms with Crippen molar-refractivity contribution in [1.82, 2.24) is 14.8 Å². The molecule has 0 aliphatic carbocycles. The summed E-state index contributed by atoms with van der Waals surface area (Å²) in [7, 11) is 3.59. The quantitative estimate of drug-likeness (QED) is 0.833. The Morgan fingerprint density at radius 2 is 2.28 bits per heavy atom. The van der Waals surface area contributed by atoms with Crippen LogP contribution in [-0.2, 0) is 11.8 Å². The van der Waals surface area contributed by atoms with Gasteiger partial charge in [0, 0.05) is 20.3 Å². The van der Waals surface area contributed by atoms with Gasteiger partial charge in [-0.05, 0) is 13.8 Å². The van der Waals surface area contributed by atoms with Crippen molar-refractivity contribution < 1.29 is 9.53 Å². The molecule has 0 fully saturated rings. The third kappa shape index (κ3) is 1.79. The minimum absolute atomic E-state index is 0.339. The Morgan fingerprint density at radius 3 is 2.89 bits per heavy atom. The molecule has 0 amide bonds. The minimum atomic E-state index is -0.375. The summed E-state index contributed by atoms with van der Waals surface area (Å²) in [5.74, 6) is -0.375. The van der Waals surface area contributed by atoms with Crippen LogP contribution < -0.4 is 5.32 Å². The van der Waals surface area contributed by atoms with Crippen LogP contribution >= 0.6 is 0 Å². The molecule has 2 aromatic rings. The number of carbonyl (C=O) groups is 1. The lowest BCUT2D eigenvalue weighted by atomic mass is 10.1. The van der Waals surface area contributed by atoms with Gasteiger partial charge in [0.1, 0.15) is 5.56 Å². The maximum absolute atomic E-state index is 11.9. The van der Waals surface area contributed by atoms with E-state index in [-0.39, 0.29) is 5.97 Å². The maximum atomic E-state index is 11.9. The zero-order valence-electron chi connectivity index (χ0n) is 10.9. The number of nitrogens with one attached hydrogen (secondary N) is 1. The smallest absolute Gasteiger partial charge is 0.341 e. The number of nitrogens with zero attached hydrogens (tertiary/aromatic N) is 3. The molecule has 0 spiro atoms. The summed E-state index contributed by atoms with van der Waals surface area (Å²) >= 11 is 0. The highest BCUT2D eigenvalue weighted by molar-refractivity contribution is 6.05. The number of carbonyl (C=O) groups excluding carboxylic acids is 1. The molecule has 2 aromatic heterocycles. The molecule has 6 heteroatoms. The average molecular weight is 248 g/mol. The van der Waals surface area contributed by atoms with Crippen LogP contribution in [0.25, 0.3) is 11.0 Å². The first-order valence-electron chi connectivity index (χ1n) is 5.77. The van der Waals surface area contributed by atoms with Crippen molar-refractivity contribution in [3.05, 3.63) is 17.5 Å².